The summed E-state index contributed by atoms with van der Waals surface area (Å²) in [5.74, 6) is -2.34. The maximum absolute atomic E-state index is 14.8. The Morgan fingerprint density at radius 2 is 1.63 bits per heavy atom. The van der Waals surface area contributed by atoms with Gasteiger partial charge in [-0.05, 0) is 69.0 Å². The molecule has 2 heterocycles. The Balaban J connectivity index is 1.33. The minimum absolute atomic E-state index is 0.0329. The van der Waals surface area contributed by atoms with Crippen molar-refractivity contribution in [2.45, 2.75) is 95.5 Å². The Kier molecular flexibility index (Phi) is 12.9. The van der Waals surface area contributed by atoms with Crippen molar-refractivity contribution in [2.24, 2.45) is 11.3 Å². The largest absolute Gasteiger partial charge is 0.497 e. The summed E-state index contributed by atoms with van der Waals surface area (Å²) in [6.07, 6.45) is -0.179. The normalized spacial score (nSPS) is 20.2. The van der Waals surface area contributed by atoms with Crippen molar-refractivity contribution >= 4 is 56.3 Å². The molecule has 2 aliphatic rings. The van der Waals surface area contributed by atoms with Crippen molar-refractivity contribution < 1.29 is 46.6 Å². The highest BCUT2D eigenvalue weighted by atomic mass is 32.2. The second kappa shape index (κ2) is 17.7. The number of pyridine rings is 1. The summed E-state index contributed by atoms with van der Waals surface area (Å²) in [6.45, 7) is 15.4. The molecule has 0 bridgehead atoms. The molecule has 17 heteroatoms. The summed E-state index contributed by atoms with van der Waals surface area (Å²) in [7, 11) is -2.89. The first-order valence-corrected chi connectivity index (χ1v) is 21.9. The highest BCUT2D eigenvalue weighted by molar-refractivity contribution is 7.90. The van der Waals surface area contributed by atoms with Crippen LogP contribution in [0.2, 0.25) is 0 Å². The van der Waals surface area contributed by atoms with E-state index in [4.69, 9.17) is 19.2 Å². The summed E-state index contributed by atoms with van der Waals surface area (Å²) in [5, 5.41) is 8.70. The maximum atomic E-state index is 14.8. The number of benzene rings is 3. The fourth-order valence-electron chi connectivity index (χ4n) is 7.48. The predicted octanol–water partition coefficient (Wildman–Crippen LogP) is 5.72. The van der Waals surface area contributed by atoms with Gasteiger partial charge in [0.25, 0.3) is 15.9 Å². The van der Waals surface area contributed by atoms with Gasteiger partial charge in [-0.2, -0.15) is 0 Å². The van der Waals surface area contributed by atoms with Crippen LogP contribution in [0.25, 0.3) is 22.2 Å². The van der Waals surface area contributed by atoms with Gasteiger partial charge in [0.1, 0.15) is 40.8 Å². The Morgan fingerprint density at radius 1 is 0.952 bits per heavy atom. The molecule has 1 aromatic heterocycles. The van der Waals surface area contributed by atoms with Crippen LogP contribution in [-0.2, 0) is 33.9 Å². The molecule has 1 saturated carbocycles. The third kappa shape index (κ3) is 10.6. The molecule has 6 rings (SSSR count). The highest BCUT2D eigenvalue weighted by Crippen LogP contribution is 2.45. The van der Waals surface area contributed by atoms with E-state index >= 15 is 0 Å². The van der Waals surface area contributed by atoms with E-state index in [1.807, 2.05) is 36.4 Å². The highest BCUT2D eigenvalue weighted by Gasteiger charge is 2.61. The average molecular weight is 883 g/mol. The number of rotatable bonds is 13. The number of sulfonamides is 1. The number of carbonyl (C=O) groups excluding carboxylic acids is 5. The first kappa shape index (κ1) is 46.0. The standard InChI is InChI=1S/C46H54N6O10S/c1-10-29-25-46(29,42(56)51-63(58,59)33-19-16-30(17-20-33)47-27(2)53)50-40(54)37-23-32(26-52(37)41(55)39(44(3,4)5)49-43(57)62-45(6,7)8)61-38-24-35(28-14-12-11-13-15-28)48-36-22-31(60-9)18-21-34(36)38/h10-22,24,29,32,37,39H,1,23,25-26H2,2-9H3,(H,47,53)(H,49,57)(H,50,54)(H,51,56)/t29-,32-,37+,39-,46-/m1/s1. The molecule has 4 aromatic rings. The number of nitrogens with zero attached hydrogens (tertiary/aromatic N) is 2. The topological polar surface area (TPSA) is 211 Å². The second-order valence-electron chi connectivity index (χ2n) is 17.8. The Hall–Kier alpha value is -6.49. The number of fused-ring (bicyclic) bond motifs is 1. The summed E-state index contributed by atoms with van der Waals surface area (Å²) in [6, 6.07) is 19.4. The molecule has 334 valence electrons. The van der Waals surface area contributed by atoms with E-state index in [-0.39, 0.29) is 30.2 Å². The molecular weight excluding hydrogens is 829 g/mol. The number of ether oxygens (including phenoxy) is 3. The van der Waals surface area contributed by atoms with Crippen LogP contribution in [-0.4, -0.2) is 91.0 Å². The maximum Gasteiger partial charge on any atom is 0.408 e. The van der Waals surface area contributed by atoms with Crippen molar-refractivity contribution in [2.75, 3.05) is 19.0 Å². The lowest BCUT2D eigenvalue weighted by Crippen LogP contribution is -2.60. The van der Waals surface area contributed by atoms with Gasteiger partial charge in [-0.1, -0.05) is 57.2 Å². The number of hydrogen-bond acceptors (Lipinski definition) is 11. The quantitative estimate of drug-likeness (QED) is 0.119. The van der Waals surface area contributed by atoms with E-state index in [9.17, 15) is 32.4 Å². The third-order valence-corrected chi connectivity index (χ3v) is 12.1. The third-order valence-electron chi connectivity index (χ3n) is 10.7. The molecule has 3 aromatic carbocycles. The van der Waals surface area contributed by atoms with Gasteiger partial charge in [0.05, 0.1) is 29.8 Å². The molecule has 0 unspecified atom stereocenters. The van der Waals surface area contributed by atoms with Crippen LogP contribution in [0, 0.1) is 11.3 Å². The van der Waals surface area contributed by atoms with Crippen LogP contribution >= 0.6 is 0 Å². The predicted molar refractivity (Wildman–Crippen MR) is 236 cm³/mol. The number of carbonyl (C=O) groups is 5. The smallest absolute Gasteiger partial charge is 0.408 e. The van der Waals surface area contributed by atoms with Crippen molar-refractivity contribution in [1.29, 1.82) is 0 Å². The Labute approximate surface area is 367 Å². The molecule has 4 N–H and O–H groups in total. The average Bonchev–Trinajstić information content (AvgIpc) is 3.77. The van der Waals surface area contributed by atoms with Crippen molar-refractivity contribution in [3.05, 3.63) is 91.5 Å². The molecular formula is C46H54N6O10S. The van der Waals surface area contributed by atoms with E-state index < -0.39 is 74.5 Å². The van der Waals surface area contributed by atoms with E-state index in [0.717, 1.165) is 5.56 Å². The van der Waals surface area contributed by atoms with Gasteiger partial charge in [-0.15, -0.1) is 6.58 Å². The number of hydrogen-bond donors (Lipinski definition) is 4. The lowest BCUT2D eigenvalue weighted by molar-refractivity contribution is -0.143. The molecule has 2 fully saturated rings. The second-order valence-corrected chi connectivity index (χ2v) is 19.5. The van der Waals surface area contributed by atoms with Crippen molar-refractivity contribution in [1.82, 2.24) is 25.2 Å². The zero-order valence-corrected chi connectivity index (χ0v) is 37.4. The number of nitrogens with one attached hydrogen (secondary N) is 4. The first-order chi connectivity index (χ1) is 29.5. The molecule has 1 aliphatic heterocycles. The fraction of sp³-hybridized carbons (Fsp3) is 0.391. The van der Waals surface area contributed by atoms with Crippen molar-refractivity contribution in [3.8, 4) is 22.8 Å². The molecule has 1 aliphatic carbocycles. The van der Waals surface area contributed by atoms with Gasteiger partial charge in [-0.25, -0.2) is 22.9 Å². The summed E-state index contributed by atoms with van der Waals surface area (Å²) >= 11 is 0. The van der Waals surface area contributed by atoms with E-state index in [2.05, 4.69) is 27.3 Å². The van der Waals surface area contributed by atoms with Gasteiger partial charge in [0, 0.05) is 48.0 Å². The number of methoxy groups -OCH3 is 1. The molecule has 1 saturated heterocycles. The van der Waals surface area contributed by atoms with Gasteiger partial charge in [0.2, 0.25) is 17.7 Å². The van der Waals surface area contributed by atoms with Crippen LogP contribution in [0.1, 0.15) is 61.3 Å². The van der Waals surface area contributed by atoms with Gasteiger partial charge < -0.3 is 35.1 Å². The van der Waals surface area contributed by atoms with Crippen LogP contribution in [0.4, 0.5) is 10.5 Å². The SMILES string of the molecule is C=C[C@@H]1C[C@]1(NC(=O)[C@@H]1C[C@@H](Oc2cc(-c3ccccc3)nc3cc(OC)ccc23)CN1C(=O)[C@@H](NC(=O)OC(C)(C)C)C(C)(C)C)C(=O)NS(=O)(=O)c1ccc(NC(C)=O)cc1. The zero-order chi connectivity index (χ0) is 46.1. The number of alkyl carbamates (subject to hydrolysis) is 1. The Morgan fingerprint density at radius 3 is 2.22 bits per heavy atom. The first-order valence-electron chi connectivity index (χ1n) is 20.4. The van der Waals surface area contributed by atoms with E-state index in [0.29, 0.717) is 33.8 Å². The number of likely N-dealkylation sites (tertiary alicyclic amines) is 1. The molecule has 5 amide bonds. The monoisotopic (exact) mass is 882 g/mol. The minimum atomic E-state index is -4.45. The molecule has 0 radical (unpaired) electrons. The van der Waals surface area contributed by atoms with Crippen molar-refractivity contribution in [3.63, 3.8) is 0 Å². The zero-order valence-electron chi connectivity index (χ0n) is 36.6. The number of amides is 5. The molecule has 16 nitrogen and oxygen atoms in total. The summed E-state index contributed by atoms with van der Waals surface area (Å²) in [5.41, 5.74) is -1.11. The van der Waals surface area contributed by atoms with Gasteiger partial charge >= 0.3 is 6.09 Å². The van der Waals surface area contributed by atoms with E-state index in [1.54, 1.807) is 66.9 Å². The Bertz CT molecular complexity index is 2540. The minimum Gasteiger partial charge on any atom is -0.497 e. The lowest BCUT2D eigenvalue weighted by atomic mass is 9.85. The van der Waals surface area contributed by atoms with Gasteiger partial charge in [0.15, 0.2) is 0 Å². The summed E-state index contributed by atoms with van der Waals surface area (Å²) < 4.78 is 46.7. The lowest BCUT2D eigenvalue weighted by Gasteiger charge is -2.36. The van der Waals surface area contributed by atoms with Crippen LogP contribution < -0.4 is 30.1 Å². The number of aromatic nitrogens is 1. The summed E-state index contributed by atoms with van der Waals surface area (Å²) in [4.78, 5) is 74.0. The molecule has 0 spiro atoms. The molecule has 63 heavy (non-hydrogen) atoms. The van der Waals surface area contributed by atoms with Crippen LogP contribution in [0.5, 0.6) is 11.5 Å². The van der Waals surface area contributed by atoms with E-state index in [1.165, 1.54) is 42.2 Å². The van der Waals surface area contributed by atoms with Crippen LogP contribution in [0.15, 0.2) is 96.4 Å². The molecule has 5 atom stereocenters. The van der Waals surface area contributed by atoms with Crippen LogP contribution in [0.3, 0.4) is 0 Å². The fourth-order valence-corrected chi connectivity index (χ4v) is 8.52. The number of anilines is 1. The van der Waals surface area contributed by atoms with Gasteiger partial charge in [-0.3, -0.25) is 19.2 Å².